The quantitative estimate of drug-likeness (QED) is 0.677. The first kappa shape index (κ1) is 21.5. The lowest BCUT2D eigenvalue weighted by Crippen LogP contribution is -2.37. The molecule has 1 saturated heterocycles. The molecule has 0 spiro atoms. The van der Waals surface area contributed by atoms with Crippen molar-refractivity contribution in [2.75, 3.05) is 33.9 Å². The highest BCUT2D eigenvalue weighted by molar-refractivity contribution is 5.84. The highest BCUT2D eigenvalue weighted by Crippen LogP contribution is 2.40. The zero-order chi connectivity index (χ0) is 20.8. The molecule has 1 saturated carbocycles. The summed E-state index contributed by atoms with van der Waals surface area (Å²) in [7, 11) is 3.27. The molecule has 2 amide bonds. The lowest BCUT2D eigenvalue weighted by Gasteiger charge is -2.21. The fraction of sp³-hybridized carbons (Fsp3) is 0.652. The molecule has 29 heavy (non-hydrogen) atoms. The number of methoxy groups -OCH3 is 2. The lowest BCUT2D eigenvalue weighted by molar-refractivity contribution is -0.134. The van der Waals surface area contributed by atoms with Gasteiger partial charge in [0.2, 0.25) is 11.8 Å². The van der Waals surface area contributed by atoms with E-state index in [-0.39, 0.29) is 29.6 Å². The van der Waals surface area contributed by atoms with Crippen LogP contribution in [0.4, 0.5) is 0 Å². The van der Waals surface area contributed by atoms with Gasteiger partial charge in [0.15, 0.2) is 0 Å². The van der Waals surface area contributed by atoms with Crippen LogP contribution < -0.4 is 14.8 Å². The molecule has 6 heteroatoms. The fourth-order valence-electron chi connectivity index (χ4n) is 4.64. The third kappa shape index (κ3) is 4.85. The van der Waals surface area contributed by atoms with Crippen LogP contribution in [0.2, 0.25) is 0 Å². The first-order valence-corrected chi connectivity index (χ1v) is 10.9. The Kier molecular flexibility index (Phi) is 7.40. The molecular weight excluding hydrogens is 368 g/mol. The van der Waals surface area contributed by atoms with Crippen molar-refractivity contribution in [2.24, 2.45) is 11.8 Å². The summed E-state index contributed by atoms with van der Waals surface area (Å²) in [5.74, 6) is 1.42. The first-order chi connectivity index (χ1) is 14.1. The number of carbonyl (C=O) groups is 2. The third-order valence-corrected chi connectivity index (χ3v) is 6.34. The van der Waals surface area contributed by atoms with Gasteiger partial charge in [-0.3, -0.25) is 9.59 Å². The minimum atomic E-state index is -0.279. The molecule has 1 aliphatic carbocycles. The zero-order valence-corrected chi connectivity index (χ0v) is 17.9. The Morgan fingerprint density at radius 3 is 2.55 bits per heavy atom. The molecule has 2 atom stereocenters. The molecule has 1 aliphatic heterocycles. The van der Waals surface area contributed by atoms with E-state index in [1.807, 2.05) is 23.1 Å². The van der Waals surface area contributed by atoms with E-state index in [2.05, 4.69) is 12.2 Å². The Hall–Kier alpha value is -2.24. The highest BCUT2D eigenvalue weighted by atomic mass is 16.5. The van der Waals surface area contributed by atoms with E-state index >= 15 is 0 Å². The molecule has 2 aliphatic rings. The summed E-state index contributed by atoms with van der Waals surface area (Å²) in [6, 6.07) is 5.68. The van der Waals surface area contributed by atoms with Gasteiger partial charge in [0.05, 0.1) is 20.1 Å². The molecule has 1 N–H and O–H groups in total. The second kappa shape index (κ2) is 9.99. The number of hydrogen-bond donors (Lipinski definition) is 1. The van der Waals surface area contributed by atoms with E-state index < -0.39 is 0 Å². The number of likely N-dealkylation sites (tertiary alicyclic amines) is 1. The van der Waals surface area contributed by atoms with Crippen LogP contribution in [0.5, 0.6) is 11.5 Å². The monoisotopic (exact) mass is 402 g/mol. The van der Waals surface area contributed by atoms with Gasteiger partial charge in [-0.2, -0.15) is 0 Å². The summed E-state index contributed by atoms with van der Waals surface area (Å²) >= 11 is 0. The molecule has 0 unspecified atom stereocenters. The molecule has 0 aromatic heterocycles. The SMILES string of the molecule is CCCCNC(=O)[C@H]1CN(C(=O)C2CCCC2)C[C@H]1c1cc(OC)ccc1OC. The van der Waals surface area contributed by atoms with Gasteiger partial charge < -0.3 is 19.7 Å². The Balaban J connectivity index is 1.86. The topological polar surface area (TPSA) is 67.9 Å². The van der Waals surface area contributed by atoms with Crippen LogP contribution in [0.1, 0.15) is 56.9 Å². The molecule has 0 bridgehead atoms. The fourth-order valence-corrected chi connectivity index (χ4v) is 4.64. The van der Waals surface area contributed by atoms with E-state index in [1.54, 1.807) is 14.2 Å². The van der Waals surface area contributed by atoms with Gasteiger partial charge in [0.25, 0.3) is 0 Å². The summed E-state index contributed by atoms with van der Waals surface area (Å²) in [6.45, 7) is 3.79. The lowest BCUT2D eigenvalue weighted by atomic mass is 9.87. The first-order valence-electron chi connectivity index (χ1n) is 10.9. The normalized spacial score (nSPS) is 22.0. The van der Waals surface area contributed by atoms with Gasteiger partial charge in [0, 0.05) is 37.0 Å². The second-order valence-electron chi connectivity index (χ2n) is 8.19. The average Bonchev–Trinajstić information content (AvgIpc) is 3.43. The van der Waals surface area contributed by atoms with Gasteiger partial charge in [0.1, 0.15) is 11.5 Å². The van der Waals surface area contributed by atoms with Gasteiger partial charge in [-0.1, -0.05) is 26.2 Å². The number of hydrogen-bond acceptors (Lipinski definition) is 4. The van der Waals surface area contributed by atoms with Crippen molar-refractivity contribution in [1.29, 1.82) is 0 Å². The number of rotatable bonds is 8. The van der Waals surface area contributed by atoms with Crippen molar-refractivity contribution in [3.63, 3.8) is 0 Å². The maximum absolute atomic E-state index is 13.1. The predicted molar refractivity (Wildman–Crippen MR) is 112 cm³/mol. The van der Waals surface area contributed by atoms with Gasteiger partial charge in [-0.25, -0.2) is 0 Å². The molecule has 1 aromatic carbocycles. The molecule has 3 rings (SSSR count). The summed E-state index contributed by atoms with van der Waals surface area (Å²) in [5.41, 5.74) is 0.934. The van der Waals surface area contributed by atoms with Crippen molar-refractivity contribution < 1.29 is 19.1 Å². The average molecular weight is 403 g/mol. The molecule has 1 heterocycles. The number of amides is 2. The van der Waals surface area contributed by atoms with Crippen molar-refractivity contribution in [3.8, 4) is 11.5 Å². The number of nitrogens with one attached hydrogen (secondary N) is 1. The molecular formula is C23H34N2O4. The highest BCUT2D eigenvalue weighted by Gasteiger charge is 2.43. The maximum atomic E-state index is 13.1. The number of nitrogens with zero attached hydrogens (tertiary/aromatic N) is 1. The smallest absolute Gasteiger partial charge is 0.225 e. The molecule has 1 aromatic rings. The van der Waals surface area contributed by atoms with Crippen LogP contribution >= 0.6 is 0 Å². The van der Waals surface area contributed by atoms with Crippen LogP contribution in [-0.2, 0) is 9.59 Å². The standard InChI is InChI=1S/C23H34N2O4/c1-4-5-12-24-22(26)20-15-25(23(27)16-8-6-7-9-16)14-19(20)18-13-17(28-2)10-11-21(18)29-3/h10-11,13,16,19-20H,4-9,12,14-15H2,1-3H3,(H,24,26)/t19-,20-/m0/s1. The third-order valence-electron chi connectivity index (χ3n) is 6.34. The van der Waals surface area contributed by atoms with E-state index in [0.717, 1.165) is 55.6 Å². The molecule has 160 valence electrons. The van der Waals surface area contributed by atoms with E-state index in [0.29, 0.717) is 19.6 Å². The number of benzene rings is 1. The van der Waals surface area contributed by atoms with Crippen LogP contribution in [0.3, 0.4) is 0 Å². The number of carbonyl (C=O) groups excluding carboxylic acids is 2. The molecule has 0 radical (unpaired) electrons. The minimum absolute atomic E-state index is 0.0232. The van der Waals surface area contributed by atoms with Crippen LogP contribution in [-0.4, -0.2) is 50.6 Å². The van der Waals surface area contributed by atoms with Crippen molar-refractivity contribution in [2.45, 2.75) is 51.4 Å². The summed E-state index contributed by atoms with van der Waals surface area (Å²) in [6.07, 6.45) is 6.17. The van der Waals surface area contributed by atoms with E-state index in [4.69, 9.17) is 9.47 Å². The van der Waals surface area contributed by atoms with Crippen molar-refractivity contribution in [1.82, 2.24) is 10.2 Å². The Labute approximate surface area is 173 Å². The van der Waals surface area contributed by atoms with E-state index in [9.17, 15) is 9.59 Å². The van der Waals surface area contributed by atoms with Crippen LogP contribution in [0.15, 0.2) is 18.2 Å². The van der Waals surface area contributed by atoms with Gasteiger partial charge in [-0.05, 0) is 37.5 Å². The van der Waals surface area contributed by atoms with Crippen LogP contribution in [0.25, 0.3) is 0 Å². The second-order valence-corrected chi connectivity index (χ2v) is 8.19. The van der Waals surface area contributed by atoms with Gasteiger partial charge in [-0.15, -0.1) is 0 Å². The van der Waals surface area contributed by atoms with E-state index in [1.165, 1.54) is 0 Å². The maximum Gasteiger partial charge on any atom is 0.225 e. The predicted octanol–water partition coefficient (Wildman–Crippen LogP) is 3.35. The van der Waals surface area contributed by atoms with Crippen LogP contribution in [0, 0.1) is 11.8 Å². The Morgan fingerprint density at radius 2 is 1.90 bits per heavy atom. The molecule has 6 nitrogen and oxygen atoms in total. The summed E-state index contributed by atoms with van der Waals surface area (Å²) in [5, 5.41) is 3.07. The van der Waals surface area contributed by atoms with Crippen molar-refractivity contribution in [3.05, 3.63) is 23.8 Å². The Morgan fingerprint density at radius 1 is 1.14 bits per heavy atom. The number of unbranched alkanes of at least 4 members (excludes halogenated alkanes) is 1. The van der Waals surface area contributed by atoms with Gasteiger partial charge >= 0.3 is 0 Å². The summed E-state index contributed by atoms with van der Waals surface area (Å²) in [4.78, 5) is 28.0. The number of ether oxygens (including phenoxy) is 2. The van der Waals surface area contributed by atoms with Crippen molar-refractivity contribution >= 4 is 11.8 Å². The summed E-state index contributed by atoms with van der Waals surface area (Å²) < 4.78 is 11.0. The minimum Gasteiger partial charge on any atom is -0.497 e. The molecule has 2 fully saturated rings. The Bertz CT molecular complexity index is 715. The zero-order valence-electron chi connectivity index (χ0n) is 17.9. The largest absolute Gasteiger partial charge is 0.497 e.